The summed E-state index contributed by atoms with van der Waals surface area (Å²) in [7, 11) is 1.46. The van der Waals surface area contributed by atoms with Crippen molar-refractivity contribution in [3.05, 3.63) is 65.7 Å². The third kappa shape index (κ3) is 3.01. The summed E-state index contributed by atoms with van der Waals surface area (Å²) in [6, 6.07) is 14.2. The standard InChI is InChI=1S/C16H14O3/c1-19-15-9-5-8-13(17)16(15)14(18)11-10-12-6-3-2-4-7-12/h2-11,17H,1H3. The highest BCUT2D eigenvalue weighted by Gasteiger charge is 2.14. The monoisotopic (exact) mass is 254 g/mol. The molecule has 0 aliphatic carbocycles. The minimum atomic E-state index is -0.293. The highest BCUT2D eigenvalue weighted by Crippen LogP contribution is 2.28. The molecule has 0 saturated carbocycles. The third-order valence-corrected chi connectivity index (χ3v) is 2.70. The van der Waals surface area contributed by atoms with E-state index < -0.39 is 0 Å². The van der Waals surface area contributed by atoms with Gasteiger partial charge in [-0.3, -0.25) is 4.79 Å². The average molecular weight is 254 g/mol. The second kappa shape index (κ2) is 5.87. The molecule has 0 atom stereocenters. The Labute approximate surface area is 111 Å². The fraction of sp³-hybridized carbons (Fsp3) is 0.0625. The Morgan fingerprint density at radius 1 is 1.11 bits per heavy atom. The molecule has 0 heterocycles. The van der Waals surface area contributed by atoms with Crippen LogP contribution < -0.4 is 4.74 Å². The number of carbonyl (C=O) groups excluding carboxylic acids is 1. The number of aromatic hydroxyl groups is 1. The highest BCUT2D eigenvalue weighted by atomic mass is 16.5. The van der Waals surface area contributed by atoms with Crippen LogP contribution in [0.3, 0.4) is 0 Å². The molecule has 0 aliphatic heterocycles. The lowest BCUT2D eigenvalue weighted by Gasteiger charge is -2.07. The van der Waals surface area contributed by atoms with Gasteiger partial charge in [0.05, 0.1) is 7.11 Å². The van der Waals surface area contributed by atoms with Gasteiger partial charge >= 0.3 is 0 Å². The molecule has 0 saturated heterocycles. The second-order valence-electron chi connectivity index (χ2n) is 3.96. The molecule has 0 amide bonds. The smallest absolute Gasteiger partial charge is 0.193 e. The predicted molar refractivity (Wildman–Crippen MR) is 74.5 cm³/mol. The second-order valence-corrected chi connectivity index (χ2v) is 3.96. The minimum Gasteiger partial charge on any atom is -0.507 e. The largest absolute Gasteiger partial charge is 0.507 e. The molecule has 96 valence electrons. The van der Waals surface area contributed by atoms with Crippen molar-refractivity contribution in [3.8, 4) is 11.5 Å². The number of methoxy groups -OCH3 is 1. The Kier molecular flexibility index (Phi) is 3.98. The summed E-state index contributed by atoms with van der Waals surface area (Å²) in [4.78, 5) is 12.1. The molecule has 0 unspecified atom stereocenters. The predicted octanol–water partition coefficient (Wildman–Crippen LogP) is 3.30. The Bertz CT molecular complexity index is 601. The Balaban J connectivity index is 2.28. The van der Waals surface area contributed by atoms with E-state index in [1.807, 2.05) is 30.3 Å². The number of carbonyl (C=O) groups is 1. The summed E-state index contributed by atoms with van der Waals surface area (Å²) in [5.74, 6) is -0.0106. The molecule has 0 radical (unpaired) electrons. The number of phenols is 1. The van der Waals surface area contributed by atoms with Crippen molar-refractivity contribution in [2.75, 3.05) is 7.11 Å². The fourth-order valence-electron chi connectivity index (χ4n) is 1.76. The van der Waals surface area contributed by atoms with E-state index in [9.17, 15) is 9.90 Å². The Hall–Kier alpha value is -2.55. The summed E-state index contributed by atoms with van der Waals surface area (Å²) in [5.41, 5.74) is 1.10. The van der Waals surface area contributed by atoms with Crippen LogP contribution in [0.1, 0.15) is 15.9 Å². The van der Waals surface area contributed by atoms with E-state index in [4.69, 9.17) is 4.74 Å². The zero-order valence-electron chi connectivity index (χ0n) is 10.5. The van der Waals surface area contributed by atoms with E-state index in [0.29, 0.717) is 5.75 Å². The summed E-state index contributed by atoms with van der Waals surface area (Å²) >= 11 is 0. The summed E-state index contributed by atoms with van der Waals surface area (Å²) < 4.78 is 5.08. The minimum absolute atomic E-state index is 0.0814. The van der Waals surface area contributed by atoms with E-state index >= 15 is 0 Å². The fourth-order valence-corrected chi connectivity index (χ4v) is 1.76. The molecule has 0 fully saturated rings. The quantitative estimate of drug-likeness (QED) is 0.672. The maximum absolute atomic E-state index is 12.1. The molecule has 2 aromatic rings. The van der Waals surface area contributed by atoms with Crippen LogP contribution in [0, 0.1) is 0 Å². The van der Waals surface area contributed by atoms with Crippen LogP contribution >= 0.6 is 0 Å². The lowest BCUT2D eigenvalue weighted by molar-refractivity contribution is 0.104. The number of ketones is 1. The van der Waals surface area contributed by atoms with Gasteiger partial charge in [0.15, 0.2) is 5.78 Å². The molecular formula is C16H14O3. The number of rotatable bonds is 4. The first-order valence-corrected chi connectivity index (χ1v) is 5.86. The van der Waals surface area contributed by atoms with Gasteiger partial charge < -0.3 is 9.84 Å². The zero-order valence-corrected chi connectivity index (χ0v) is 10.5. The zero-order chi connectivity index (χ0) is 13.7. The van der Waals surface area contributed by atoms with E-state index in [2.05, 4.69) is 0 Å². The first-order chi connectivity index (χ1) is 9.22. The van der Waals surface area contributed by atoms with E-state index in [-0.39, 0.29) is 17.1 Å². The SMILES string of the molecule is COc1cccc(O)c1C(=O)C=Cc1ccccc1. The van der Waals surface area contributed by atoms with Gasteiger partial charge in [0.25, 0.3) is 0 Å². The van der Waals surface area contributed by atoms with Crippen LogP contribution in [0.5, 0.6) is 11.5 Å². The van der Waals surface area contributed by atoms with Crippen molar-refractivity contribution < 1.29 is 14.6 Å². The molecule has 2 aromatic carbocycles. The molecule has 2 rings (SSSR count). The summed E-state index contributed by atoms with van der Waals surface area (Å²) in [6.07, 6.45) is 3.13. The van der Waals surface area contributed by atoms with Crippen molar-refractivity contribution >= 4 is 11.9 Å². The third-order valence-electron chi connectivity index (χ3n) is 2.70. The van der Waals surface area contributed by atoms with Gasteiger partial charge in [-0.25, -0.2) is 0 Å². The van der Waals surface area contributed by atoms with Crippen molar-refractivity contribution in [2.24, 2.45) is 0 Å². The van der Waals surface area contributed by atoms with Gasteiger partial charge in [-0.2, -0.15) is 0 Å². The van der Waals surface area contributed by atoms with E-state index in [0.717, 1.165) is 5.56 Å². The van der Waals surface area contributed by atoms with Crippen LogP contribution in [0.4, 0.5) is 0 Å². The molecule has 19 heavy (non-hydrogen) atoms. The molecule has 1 N–H and O–H groups in total. The van der Waals surface area contributed by atoms with Gasteiger partial charge in [-0.15, -0.1) is 0 Å². The molecule has 0 spiro atoms. The molecule has 0 aliphatic rings. The van der Waals surface area contributed by atoms with Crippen molar-refractivity contribution in [1.82, 2.24) is 0 Å². The van der Waals surface area contributed by atoms with E-state index in [1.165, 1.54) is 19.3 Å². The maximum Gasteiger partial charge on any atom is 0.193 e. The van der Waals surface area contributed by atoms with Gasteiger partial charge in [-0.05, 0) is 23.8 Å². The first-order valence-electron chi connectivity index (χ1n) is 5.86. The lowest BCUT2D eigenvalue weighted by atomic mass is 10.1. The average Bonchev–Trinajstić information content (AvgIpc) is 2.45. The van der Waals surface area contributed by atoms with Crippen molar-refractivity contribution in [2.45, 2.75) is 0 Å². The van der Waals surface area contributed by atoms with Gasteiger partial charge in [-0.1, -0.05) is 42.5 Å². The number of allylic oxidation sites excluding steroid dienone is 1. The van der Waals surface area contributed by atoms with Gasteiger partial charge in [0, 0.05) is 0 Å². The molecule has 3 nitrogen and oxygen atoms in total. The number of hydrogen-bond acceptors (Lipinski definition) is 3. The Morgan fingerprint density at radius 2 is 1.84 bits per heavy atom. The number of benzene rings is 2. The van der Waals surface area contributed by atoms with Gasteiger partial charge in [0.1, 0.15) is 17.1 Å². The van der Waals surface area contributed by atoms with Crippen LogP contribution in [0.15, 0.2) is 54.6 Å². The lowest BCUT2D eigenvalue weighted by Crippen LogP contribution is -1.99. The van der Waals surface area contributed by atoms with Crippen LogP contribution in [0.2, 0.25) is 0 Å². The number of phenolic OH excluding ortho intramolecular Hbond substituents is 1. The summed E-state index contributed by atoms with van der Waals surface area (Å²) in [5, 5.41) is 9.76. The number of hydrogen-bond donors (Lipinski definition) is 1. The van der Waals surface area contributed by atoms with E-state index in [1.54, 1.807) is 18.2 Å². The molecule has 0 bridgehead atoms. The molecule has 3 heteroatoms. The Morgan fingerprint density at radius 3 is 2.53 bits per heavy atom. The number of ether oxygens (including phenoxy) is 1. The maximum atomic E-state index is 12.1. The normalized spacial score (nSPS) is 10.6. The summed E-state index contributed by atoms with van der Waals surface area (Å²) in [6.45, 7) is 0. The van der Waals surface area contributed by atoms with Crippen molar-refractivity contribution in [1.29, 1.82) is 0 Å². The topological polar surface area (TPSA) is 46.5 Å². The van der Waals surface area contributed by atoms with Gasteiger partial charge in [0.2, 0.25) is 0 Å². The van der Waals surface area contributed by atoms with Crippen molar-refractivity contribution in [3.63, 3.8) is 0 Å². The molecule has 0 aromatic heterocycles. The molecular weight excluding hydrogens is 240 g/mol. The van der Waals surface area contributed by atoms with Crippen LogP contribution in [0.25, 0.3) is 6.08 Å². The van der Waals surface area contributed by atoms with Crippen LogP contribution in [-0.2, 0) is 0 Å². The first kappa shape index (κ1) is 12.9. The highest BCUT2D eigenvalue weighted by molar-refractivity contribution is 6.10. The van der Waals surface area contributed by atoms with Crippen LogP contribution in [-0.4, -0.2) is 18.0 Å².